The van der Waals surface area contributed by atoms with Gasteiger partial charge in [0.2, 0.25) is 0 Å². The lowest BCUT2D eigenvalue weighted by Gasteiger charge is -2.34. The van der Waals surface area contributed by atoms with Crippen LogP contribution in [-0.4, -0.2) is 65.9 Å². The number of carbonyl (C=O) groups excluding carboxylic acids is 2. The molecule has 2 heterocycles. The predicted octanol–water partition coefficient (Wildman–Crippen LogP) is 3.51. The third-order valence-corrected chi connectivity index (χ3v) is 5.75. The second kappa shape index (κ2) is 8.64. The molecule has 0 aliphatic carbocycles. The first-order valence-corrected chi connectivity index (χ1v) is 10.5. The van der Waals surface area contributed by atoms with Crippen molar-refractivity contribution in [1.29, 1.82) is 0 Å². The van der Waals surface area contributed by atoms with Crippen LogP contribution in [0.4, 0.5) is 0 Å². The van der Waals surface area contributed by atoms with E-state index in [1.807, 2.05) is 36.1 Å². The Balaban J connectivity index is 1.61. The van der Waals surface area contributed by atoms with Gasteiger partial charge in [0.05, 0.1) is 13.7 Å². The van der Waals surface area contributed by atoms with Crippen LogP contribution in [0.5, 0.6) is 5.75 Å². The summed E-state index contributed by atoms with van der Waals surface area (Å²) in [5.74, 6) is 0.831. The van der Waals surface area contributed by atoms with Crippen LogP contribution in [0, 0.1) is 13.8 Å². The fourth-order valence-electron chi connectivity index (χ4n) is 4.41. The molecule has 6 nitrogen and oxygen atoms in total. The summed E-state index contributed by atoms with van der Waals surface area (Å²) in [7, 11) is 1.60. The van der Waals surface area contributed by atoms with Crippen molar-refractivity contribution in [3.63, 3.8) is 0 Å². The highest BCUT2D eigenvalue weighted by Gasteiger charge is 2.26. The van der Waals surface area contributed by atoms with Gasteiger partial charge in [-0.25, -0.2) is 0 Å². The molecule has 1 fully saturated rings. The van der Waals surface area contributed by atoms with E-state index >= 15 is 0 Å². The number of rotatable bonds is 5. The normalized spacial score (nSPS) is 15.3. The van der Waals surface area contributed by atoms with Gasteiger partial charge < -0.3 is 14.2 Å². The first kappa shape index (κ1) is 22.1. The number of methoxy groups -OCH3 is 1. The molecule has 1 aromatic heterocycles. The van der Waals surface area contributed by atoms with E-state index in [0.29, 0.717) is 44.0 Å². The van der Waals surface area contributed by atoms with Crippen LogP contribution in [0.2, 0.25) is 0 Å². The van der Waals surface area contributed by atoms with Crippen LogP contribution in [0.1, 0.15) is 52.9 Å². The van der Waals surface area contributed by atoms with Crippen molar-refractivity contribution in [1.82, 2.24) is 14.4 Å². The summed E-state index contributed by atoms with van der Waals surface area (Å²) in [6.07, 6.45) is 0. The van der Waals surface area contributed by atoms with E-state index in [9.17, 15) is 9.59 Å². The number of carbonyl (C=O) groups is 2. The Morgan fingerprint density at radius 2 is 1.70 bits per heavy atom. The Hall–Kier alpha value is -2.60. The summed E-state index contributed by atoms with van der Waals surface area (Å²) in [4.78, 5) is 29.8. The molecule has 3 rings (SSSR count). The maximum Gasteiger partial charge on any atom is 0.254 e. The zero-order valence-electron chi connectivity index (χ0n) is 19.0. The second-order valence-corrected chi connectivity index (χ2v) is 9.01. The summed E-state index contributed by atoms with van der Waals surface area (Å²) in [5, 5.41) is 0. The fourth-order valence-corrected chi connectivity index (χ4v) is 4.41. The van der Waals surface area contributed by atoms with Crippen LogP contribution >= 0.6 is 0 Å². The number of hydrogen-bond acceptors (Lipinski definition) is 4. The molecule has 1 aliphatic heterocycles. The average Bonchev–Trinajstić information content (AvgIpc) is 3.02. The van der Waals surface area contributed by atoms with Gasteiger partial charge in [0.1, 0.15) is 5.75 Å². The van der Waals surface area contributed by atoms with Crippen molar-refractivity contribution >= 4 is 11.7 Å². The van der Waals surface area contributed by atoms with Crippen LogP contribution in [0.15, 0.2) is 30.3 Å². The molecule has 6 heteroatoms. The molecular weight excluding hydrogens is 378 g/mol. The van der Waals surface area contributed by atoms with Gasteiger partial charge in [-0.3, -0.25) is 14.5 Å². The largest absolute Gasteiger partial charge is 0.497 e. The highest BCUT2D eigenvalue weighted by Crippen LogP contribution is 2.25. The molecule has 0 atom stereocenters. The molecule has 2 aromatic rings. The van der Waals surface area contributed by atoms with E-state index in [0.717, 1.165) is 17.0 Å². The van der Waals surface area contributed by atoms with Crippen molar-refractivity contribution in [2.75, 3.05) is 39.8 Å². The van der Waals surface area contributed by atoms with Gasteiger partial charge in [-0.05, 0) is 58.9 Å². The molecule has 0 unspecified atom stereocenters. The lowest BCUT2D eigenvalue weighted by atomic mass is 10.1. The van der Waals surface area contributed by atoms with Gasteiger partial charge in [0.15, 0.2) is 5.78 Å². The molecule has 1 saturated heterocycles. The van der Waals surface area contributed by atoms with E-state index in [1.165, 1.54) is 0 Å². The molecule has 0 bridgehead atoms. The maximum atomic E-state index is 13.0. The molecule has 0 radical (unpaired) electrons. The number of ketones is 1. The third kappa shape index (κ3) is 4.59. The van der Waals surface area contributed by atoms with E-state index in [2.05, 4.69) is 37.2 Å². The number of aryl methyl sites for hydroxylation is 1. The zero-order valence-corrected chi connectivity index (χ0v) is 19.0. The lowest BCUT2D eigenvalue weighted by Crippen LogP contribution is -2.49. The number of nitrogens with zero attached hydrogens (tertiary/aromatic N) is 3. The van der Waals surface area contributed by atoms with Crippen LogP contribution < -0.4 is 4.74 Å². The molecule has 162 valence electrons. The summed E-state index contributed by atoms with van der Waals surface area (Å²) >= 11 is 0. The first-order valence-electron chi connectivity index (χ1n) is 10.5. The van der Waals surface area contributed by atoms with E-state index in [1.54, 1.807) is 13.2 Å². The minimum Gasteiger partial charge on any atom is -0.497 e. The zero-order chi connectivity index (χ0) is 22.1. The van der Waals surface area contributed by atoms with Gasteiger partial charge in [-0.15, -0.1) is 0 Å². The van der Waals surface area contributed by atoms with E-state index in [-0.39, 0.29) is 17.2 Å². The summed E-state index contributed by atoms with van der Waals surface area (Å²) in [6, 6.07) is 9.24. The van der Waals surface area contributed by atoms with Gasteiger partial charge >= 0.3 is 0 Å². The molecule has 1 amide bonds. The van der Waals surface area contributed by atoms with Crippen LogP contribution in [0.3, 0.4) is 0 Å². The van der Waals surface area contributed by atoms with Crippen molar-refractivity contribution in [3.05, 3.63) is 52.8 Å². The predicted molar refractivity (Wildman–Crippen MR) is 119 cm³/mol. The Bertz CT molecular complexity index is 932. The van der Waals surface area contributed by atoms with Crippen molar-refractivity contribution < 1.29 is 14.3 Å². The standard InChI is InChI=1S/C24H33N3O3/c1-17-14-21(18(2)27(17)24(3,4)5)22(28)16-25-10-12-26(13-11-25)23(29)19-8-7-9-20(15-19)30-6/h7-9,14-15H,10-13,16H2,1-6H3. The molecule has 0 N–H and O–H groups in total. The third-order valence-electron chi connectivity index (χ3n) is 5.75. The topological polar surface area (TPSA) is 54.8 Å². The first-order chi connectivity index (χ1) is 14.1. The van der Waals surface area contributed by atoms with Crippen LogP contribution in [-0.2, 0) is 5.54 Å². The Morgan fingerprint density at radius 3 is 2.27 bits per heavy atom. The number of ether oxygens (including phenoxy) is 1. The van der Waals surface area contributed by atoms with Gasteiger partial charge in [0, 0.05) is 54.2 Å². The number of hydrogen-bond donors (Lipinski definition) is 0. The number of piperazine rings is 1. The van der Waals surface area contributed by atoms with Crippen LogP contribution in [0.25, 0.3) is 0 Å². The van der Waals surface area contributed by atoms with Gasteiger partial charge in [0.25, 0.3) is 5.91 Å². The highest BCUT2D eigenvalue weighted by molar-refractivity contribution is 5.99. The summed E-state index contributed by atoms with van der Waals surface area (Å²) in [6.45, 7) is 13.5. The summed E-state index contributed by atoms with van der Waals surface area (Å²) in [5.41, 5.74) is 3.51. The fraction of sp³-hybridized carbons (Fsp3) is 0.500. The Morgan fingerprint density at radius 1 is 1.03 bits per heavy atom. The Labute approximate surface area is 179 Å². The molecule has 0 spiro atoms. The molecular formula is C24H33N3O3. The van der Waals surface area contributed by atoms with Crippen molar-refractivity contribution in [2.24, 2.45) is 0 Å². The number of Topliss-reactive ketones (excluding diaryl/α,β-unsaturated/α-hetero) is 1. The number of aromatic nitrogens is 1. The molecule has 0 saturated carbocycles. The minimum absolute atomic E-state index is 0.00796. The highest BCUT2D eigenvalue weighted by atomic mass is 16.5. The SMILES string of the molecule is COc1cccc(C(=O)N2CCN(CC(=O)c3cc(C)n(C(C)(C)C)c3C)CC2)c1. The summed E-state index contributed by atoms with van der Waals surface area (Å²) < 4.78 is 7.44. The van der Waals surface area contributed by atoms with Gasteiger partial charge in [-0.2, -0.15) is 0 Å². The number of amides is 1. The van der Waals surface area contributed by atoms with E-state index in [4.69, 9.17) is 4.74 Å². The minimum atomic E-state index is -0.0567. The molecule has 30 heavy (non-hydrogen) atoms. The van der Waals surface area contributed by atoms with Crippen molar-refractivity contribution in [2.45, 2.75) is 40.2 Å². The van der Waals surface area contributed by atoms with E-state index < -0.39 is 0 Å². The average molecular weight is 412 g/mol. The maximum absolute atomic E-state index is 13.0. The molecule has 1 aliphatic rings. The quantitative estimate of drug-likeness (QED) is 0.707. The molecule has 1 aromatic carbocycles. The van der Waals surface area contributed by atoms with Gasteiger partial charge in [-0.1, -0.05) is 6.07 Å². The number of benzene rings is 1. The monoisotopic (exact) mass is 411 g/mol. The van der Waals surface area contributed by atoms with Crippen molar-refractivity contribution in [3.8, 4) is 5.75 Å². The second-order valence-electron chi connectivity index (χ2n) is 9.01. The smallest absolute Gasteiger partial charge is 0.254 e. The Kier molecular flexibility index (Phi) is 6.36. The lowest BCUT2D eigenvalue weighted by molar-refractivity contribution is 0.0624.